The standard InChI is InChI=1S/C21H16ClN3O2S/c1-2-24-19(26)17(11-13-12-23-18-6-4-3-5-16(13)18)20(27)25(21(24)28)15-9-7-14(22)8-10-15/h3-12,26H,2H2,1H3/b13-11-. The molecule has 0 fully saturated rings. The maximum atomic E-state index is 13.3. The fraction of sp³-hybridized carbons (Fsp3) is 0.0952. The third-order valence-electron chi connectivity index (χ3n) is 4.61. The van der Waals surface area contributed by atoms with Gasteiger partial charge in [0.25, 0.3) is 5.56 Å². The lowest BCUT2D eigenvalue weighted by atomic mass is 10.1. The first-order valence-electron chi connectivity index (χ1n) is 8.71. The third kappa shape index (κ3) is 3.00. The summed E-state index contributed by atoms with van der Waals surface area (Å²) in [6.45, 7) is 2.27. The summed E-state index contributed by atoms with van der Waals surface area (Å²) in [6, 6.07) is 14.5. The van der Waals surface area contributed by atoms with Gasteiger partial charge in [-0.2, -0.15) is 0 Å². The maximum absolute atomic E-state index is 13.3. The Morgan fingerprint density at radius 1 is 1.18 bits per heavy atom. The number of fused-ring (bicyclic) bond motifs is 1. The molecule has 1 N–H and O–H groups in total. The largest absolute Gasteiger partial charge is 0.494 e. The van der Waals surface area contributed by atoms with E-state index >= 15 is 0 Å². The maximum Gasteiger partial charge on any atom is 0.270 e. The molecule has 2 heterocycles. The molecule has 1 aliphatic heterocycles. The fourth-order valence-corrected chi connectivity index (χ4v) is 3.73. The smallest absolute Gasteiger partial charge is 0.270 e. The Morgan fingerprint density at radius 3 is 2.61 bits per heavy atom. The van der Waals surface area contributed by atoms with E-state index in [4.69, 9.17) is 23.8 Å². The van der Waals surface area contributed by atoms with Crippen LogP contribution in [0.15, 0.2) is 58.3 Å². The van der Waals surface area contributed by atoms with E-state index in [0.717, 1.165) is 16.8 Å². The number of nitrogens with zero attached hydrogens (tertiary/aromatic N) is 3. The average molecular weight is 410 g/mol. The number of halogens is 1. The minimum absolute atomic E-state index is 0.156. The molecule has 7 heteroatoms. The summed E-state index contributed by atoms with van der Waals surface area (Å²) >= 11 is 11.4. The fourth-order valence-electron chi connectivity index (χ4n) is 3.20. The molecular formula is C21H16ClN3O2S. The number of allylic oxidation sites excluding steroid dienone is 1. The van der Waals surface area contributed by atoms with Gasteiger partial charge in [0.15, 0.2) is 4.77 Å². The quantitative estimate of drug-likeness (QED) is 0.619. The van der Waals surface area contributed by atoms with Crippen LogP contribution in [0.5, 0.6) is 5.88 Å². The number of para-hydroxylation sites is 1. The molecule has 0 bridgehead atoms. The highest BCUT2D eigenvalue weighted by Crippen LogP contribution is 2.33. The minimum atomic E-state index is -0.403. The molecule has 0 unspecified atom stereocenters. The molecule has 5 nitrogen and oxygen atoms in total. The highest BCUT2D eigenvalue weighted by atomic mass is 35.5. The lowest BCUT2D eigenvalue weighted by molar-refractivity contribution is 0.404. The molecule has 0 saturated heterocycles. The monoisotopic (exact) mass is 409 g/mol. The topological polar surface area (TPSA) is 59.5 Å². The van der Waals surface area contributed by atoms with Crippen molar-refractivity contribution >= 4 is 47.4 Å². The first-order chi connectivity index (χ1) is 13.5. The SMILES string of the molecule is CCn1c(O)c(/C=C2/C=Nc3ccccc32)c(=O)n(-c2ccc(Cl)cc2)c1=S. The van der Waals surface area contributed by atoms with Gasteiger partial charge in [0.2, 0.25) is 5.88 Å². The summed E-state index contributed by atoms with van der Waals surface area (Å²) in [6.07, 6.45) is 3.34. The highest BCUT2D eigenvalue weighted by molar-refractivity contribution is 7.71. The van der Waals surface area contributed by atoms with Crippen LogP contribution in [0.25, 0.3) is 17.3 Å². The van der Waals surface area contributed by atoms with Gasteiger partial charge in [-0.05, 0) is 55.5 Å². The van der Waals surface area contributed by atoms with Crippen molar-refractivity contribution in [2.45, 2.75) is 13.5 Å². The number of aromatic nitrogens is 2. The highest BCUT2D eigenvalue weighted by Gasteiger charge is 2.18. The molecule has 0 aliphatic carbocycles. The molecular weight excluding hydrogens is 394 g/mol. The first kappa shape index (κ1) is 18.4. The Balaban J connectivity index is 1.99. The van der Waals surface area contributed by atoms with Gasteiger partial charge in [-0.3, -0.25) is 18.9 Å². The molecule has 1 aliphatic rings. The van der Waals surface area contributed by atoms with Crippen LogP contribution in [0.2, 0.25) is 5.02 Å². The van der Waals surface area contributed by atoms with Gasteiger partial charge in [0, 0.05) is 28.9 Å². The second-order valence-electron chi connectivity index (χ2n) is 6.26. The van der Waals surface area contributed by atoms with Crippen LogP contribution >= 0.6 is 23.8 Å². The molecule has 3 aromatic rings. The Kier molecular flexibility index (Phi) is 4.75. The summed E-state index contributed by atoms with van der Waals surface area (Å²) in [7, 11) is 0. The van der Waals surface area contributed by atoms with Gasteiger partial charge >= 0.3 is 0 Å². The number of aromatic hydroxyl groups is 1. The normalized spacial score (nSPS) is 13.9. The first-order valence-corrected chi connectivity index (χ1v) is 9.49. The average Bonchev–Trinajstić information content (AvgIpc) is 3.10. The van der Waals surface area contributed by atoms with Crippen LogP contribution in [0.1, 0.15) is 18.1 Å². The predicted octanol–water partition coefficient (Wildman–Crippen LogP) is 5.00. The van der Waals surface area contributed by atoms with Crippen molar-refractivity contribution in [2.24, 2.45) is 4.99 Å². The molecule has 0 atom stereocenters. The van der Waals surface area contributed by atoms with Gasteiger partial charge in [-0.1, -0.05) is 29.8 Å². The summed E-state index contributed by atoms with van der Waals surface area (Å²) in [5, 5.41) is 11.3. The van der Waals surface area contributed by atoms with E-state index in [-0.39, 0.29) is 16.2 Å². The lowest BCUT2D eigenvalue weighted by Gasteiger charge is -2.15. The second-order valence-corrected chi connectivity index (χ2v) is 7.06. The van der Waals surface area contributed by atoms with Crippen LogP contribution in [0, 0.1) is 4.77 Å². The Labute approximate surface area is 171 Å². The van der Waals surface area contributed by atoms with Crippen molar-refractivity contribution in [3.63, 3.8) is 0 Å². The van der Waals surface area contributed by atoms with Gasteiger partial charge in [-0.25, -0.2) is 0 Å². The number of rotatable bonds is 3. The summed E-state index contributed by atoms with van der Waals surface area (Å²) in [4.78, 5) is 17.6. The van der Waals surface area contributed by atoms with Crippen molar-refractivity contribution in [2.75, 3.05) is 0 Å². The predicted molar refractivity (Wildman–Crippen MR) is 116 cm³/mol. The van der Waals surface area contributed by atoms with Gasteiger partial charge in [0.1, 0.15) is 5.56 Å². The van der Waals surface area contributed by atoms with Crippen molar-refractivity contribution in [1.29, 1.82) is 0 Å². The van der Waals surface area contributed by atoms with Crippen molar-refractivity contribution in [3.05, 3.63) is 79.8 Å². The molecule has 0 radical (unpaired) electrons. The van der Waals surface area contributed by atoms with E-state index in [9.17, 15) is 9.90 Å². The summed E-state index contributed by atoms with van der Waals surface area (Å²) < 4.78 is 3.14. The summed E-state index contributed by atoms with van der Waals surface area (Å²) in [5.74, 6) is -0.159. The van der Waals surface area contributed by atoms with E-state index in [2.05, 4.69) is 4.99 Å². The molecule has 140 valence electrons. The van der Waals surface area contributed by atoms with Crippen LogP contribution in [0.3, 0.4) is 0 Å². The van der Waals surface area contributed by atoms with Crippen LogP contribution in [-0.4, -0.2) is 20.5 Å². The minimum Gasteiger partial charge on any atom is -0.494 e. The molecule has 28 heavy (non-hydrogen) atoms. The Hall–Kier alpha value is -2.96. The van der Waals surface area contributed by atoms with Gasteiger partial charge in [-0.15, -0.1) is 0 Å². The zero-order chi connectivity index (χ0) is 19.8. The molecule has 1 aromatic heterocycles. The van der Waals surface area contributed by atoms with Crippen molar-refractivity contribution in [3.8, 4) is 11.6 Å². The molecule has 2 aromatic carbocycles. The zero-order valence-electron chi connectivity index (χ0n) is 15.0. The Morgan fingerprint density at radius 2 is 1.89 bits per heavy atom. The van der Waals surface area contributed by atoms with Gasteiger partial charge in [0.05, 0.1) is 11.4 Å². The van der Waals surface area contributed by atoms with Crippen molar-refractivity contribution < 1.29 is 5.11 Å². The van der Waals surface area contributed by atoms with E-state index in [0.29, 0.717) is 17.3 Å². The third-order valence-corrected chi connectivity index (χ3v) is 5.27. The van der Waals surface area contributed by atoms with Gasteiger partial charge < -0.3 is 5.11 Å². The molecule has 0 spiro atoms. The lowest BCUT2D eigenvalue weighted by Crippen LogP contribution is -2.26. The number of aliphatic imine (C=N–C) groups is 1. The van der Waals surface area contributed by atoms with E-state index < -0.39 is 5.56 Å². The van der Waals surface area contributed by atoms with Crippen LogP contribution in [-0.2, 0) is 6.54 Å². The van der Waals surface area contributed by atoms with Crippen LogP contribution < -0.4 is 5.56 Å². The molecule has 0 amide bonds. The van der Waals surface area contributed by atoms with E-state index in [1.165, 1.54) is 9.13 Å². The van der Waals surface area contributed by atoms with Crippen molar-refractivity contribution in [1.82, 2.24) is 9.13 Å². The summed E-state index contributed by atoms with van der Waals surface area (Å²) in [5.41, 5.74) is 2.83. The van der Waals surface area contributed by atoms with E-state index in [1.807, 2.05) is 31.2 Å². The Bertz CT molecular complexity index is 1250. The number of hydrogen-bond donors (Lipinski definition) is 1. The zero-order valence-corrected chi connectivity index (χ0v) is 16.5. The molecule has 0 saturated carbocycles. The molecule has 4 rings (SSSR count). The van der Waals surface area contributed by atoms with Crippen LogP contribution in [0.4, 0.5) is 5.69 Å². The number of hydrogen-bond acceptors (Lipinski definition) is 4. The van der Waals surface area contributed by atoms with E-state index in [1.54, 1.807) is 36.6 Å². The number of benzene rings is 2. The second kappa shape index (κ2) is 7.22.